The molecule has 1 aromatic carbocycles. The first-order valence-corrected chi connectivity index (χ1v) is 6.95. The van der Waals surface area contributed by atoms with Gasteiger partial charge in [-0.1, -0.05) is 15.9 Å². The topological polar surface area (TPSA) is 93.8 Å². The van der Waals surface area contributed by atoms with E-state index in [2.05, 4.69) is 25.9 Å². The zero-order valence-electron chi connectivity index (χ0n) is 11.1. The summed E-state index contributed by atoms with van der Waals surface area (Å²) in [6.45, 7) is 1.91. The first-order valence-electron chi connectivity index (χ1n) is 6.15. The van der Waals surface area contributed by atoms with E-state index in [0.717, 1.165) is 10.0 Å². The number of benzene rings is 1. The van der Waals surface area contributed by atoms with Crippen LogP contribution in [-0.4, -0.2) is 14.5 Å². The van der Waals surface area contributed by atoms with Crippen LogP contribution in [0.2, 0.25) is 0 Å². The molecule has 0 fully saturated rings. The molecule has 0 saturated carbocycles. The number of fused-ring (bicyclic) bond motifs is 1. The lowest BCUT2D eigenvalue weighted by molar-refractivity contribution is 0.989. The fourth-order valence-electron chi connectivity index (χ4n) is 2.15. The number of nitrogens with two attached hydrogens (primary N) is 1. The second-order valence-electron chi connectivity index (χ2n) is 4.61. The molecule has 7 heteroatoms. The Morgan fingerprint density at radius 3 is 2.81 bits per heavy atom. The zero-order valence-corrected chi connectivity index (χ0v) is 12.6. The van der Waals surface area contributed by atoms with Crippen LogP contribution in [0.15, 0.2) is 44.5 Å². The van der Waals surface area contributed by atoms with E-state index in [1.54, 1.807) is 18.2 Å². The lowest BCUT2D eigenvalue weighted by Crippen LogP contribution is -2.28. The highest BCUT2D eigenvalue weighted by molar-refractivity contribution is 9.10. The predicted octanol–water partition coefficient (Wildman–Crippen LogP) is 1.73. The summed E-state index contributed by atoms with van der Waals surface area (Å²) in [5.74, 6) is -0.146. The summed E-state index contributed by atoms with van der Waals surface area (Å²) in [6.07, 6.45) is 1.50. The summed E-state index contributed by atoms with van der Waals surface area (Å²) in [5, 5.41) is 0. The van der Waals surface area contributed by atoms with Gasteiger partial charge in [0.15, 0.2) is 5.82 Å². The lowest BCUT2D eigenvalue weighted by atomic mass is 10.2. The molecule has 0 aliphatic heterocycles. The number of nitrogen functional groups attached to an aromatic ring is 1. The number of nitrogens with zero attached hydrogens (tertiary/aromatic N) is 2. The molecule has 6 nitrogen and oxygen atoms in total. The van der Waals surface area contributed by atoms with Crippen LogP contribution in [0.1, 0.15) is 5.56 Å². The minimum atomic E-state index is -0.519. The fourth-order valence-corrected chi connectivity index (χ4v) is 2.49. The fraction of sp³-hybridized carbons (Fsp3) is 0.0714. The molecule has 2 aromatic heterocycles. The highest BCUT2D eigenvalue weighted by atomic mass is 79.9. The lowest BCUT2D eigenvalue weighted by Gasteiger charge is -2.11. The number of H-pyrrole nitrogens is 1. The number of pyridine rings is 1. The highest BCUT2D eigenvalue weighted by Gasteiger charge is 2.14. The number of nitrogens with one attached hydrogen (secondary N) is 1. The third-order valence-corrected chi connectivity index (χ3v) is 4.05. The van der Waals surface area contributed by atoms with E-state index >= 15 is 0 Å². The Morgan fingerprint density at radius 2 is 2.10 bits per heavy atom. The van der Waals surface area contributed by atoms with Gasteiger partial charge in [0, 0.05) is 10.7 Å². The third-order valence-electron chi connectivity index (χ3n) is 3.20. The number of hydrogen-bond donors (Lipinski definition) is 2. The molecule has 106 valence electrons. The molecule has 0 aliphatic rings. The molecule has 21 heavy (non-hydrogen) atoms. The minimum absolute atomic E-state index is 0.146. The van der Waals surface area contributed by atoms with Gasteiger partial charge in [0.05, 0.1) is 11.0 Å². The van der Waals surface area contributed by atoms with Gasteiger partial charge in [-0.2, -0.15) is 0 Å². The first-order chi connectivity index (χ1) is 9.99. The van der Waals surface area contributed by atoms with Crippen LogP contribution in [0, 0.1) is 6.92 Å². The monoisotopic (exact) mass is 346 g/mol. The maximum absolute atomic E-state index is 12.3. The van der Waals surface area contributed by atoms with Crippen molar-refractivity contribution >= 4 is 32.8 Å². The van der Waals surface area contributed by atoms with Gasteiger partial charge in [-0.15, -0.1) is 0 Å². The van der Waals surface area contributed by atoms with Gasteiger partial charge in [0.2, 0.25) is 0 Å². The average Bonchev–Trinajstić information content (AvgIpc) is 2.44. The summed E-state index contributed by atoms with van der Waals surface area (Å²) in [6, 6.07) is 6.77. The maximum atomic E-state index is 12.3. The summed E-state index contributed by atoms with van der Waals surface area (Å²) in [5.41, 5.74) is 7.04. The van der Waals surface area contributed by atoms with E-state index in [0.29, 0.717) is 11.0 Å². The van der Waals surface area contributed by atoms with E-state index in [1.807, 2.05) is 13.0 Å². The number of aromatic nitrogens is 3. The molecule has 0 bridgehead atoms. The van der Waals surface area contributed by atoms with E-state index in [9.17, 15) is 9.59 Å². The van der Waals surface area contributed by atoms with Crippen LogP contribution in [0.25, 0.3) is 16.7 Å². The summed E-state index contributed by atoms with van der Waals surface area (Å²) in [4.78, 5) is 31.0. The molecule has 0 spiro atoms. The Balaban J connectivity index is 2.55. The zero-order chi connectivity index (χ0) is 15.1. The van der Waals surface area contributed by atoms with Gasteiger partial charge >= 0.3 is 0 Å². The molecule has 0 aliphatic carbocycles. The van der Waals surface area contributed by atoms with Crippen LogP contribution in [0.3, 0.4) is 0 Å². The van der Waals surface area contributed by atoms with E-state index in [4.69, 9.17) is 5.73 Å². The van der Waals surface area contributed by atoms with Crippen LogP contribution in [0.4, 0.5) is 5.82 Å². The summed E-state index contributed by atoms with van der Waals surface area (Å²) >= 11 is 3.42. The van der Waals surface area contributed by atoms with Crippen molar-refractivity contribution < 1.29 is 0 Å². The van der Waals surface area contributed by atoms with E-state index in [-0.39, 0.29) is 17.1 Å². The molecule has 3 N–H and O–H groups in total. The Labute approximate surface area is 127 Å². The number of anilines is 1. The van der Waals surface area contributed by atoms with Gasteiger partial charge in [0.1, 0.15) is 5.69 Å². The maximum Gasteiger partial charge on any atom is 0.298 e. The van der Waals surface area contributed by atoms with Crippen molar-refractivity contribution in [2.45, 2.75) is 6.92 Å². The van der Waals surface area contributed by atoms with Crippen LogP contribution in [0.5, 0.6) is 0 Å². The van der Waals surface area contributed by atoms with Gasteiger partial charge in [0.25, 0.3) is 11.1 Å². The third kappa shape index (κ3) is 2.15. The van der Waals surface area contributed by atoms with Crippen LogP contribution < -0.4 is 16.9 Å². The Morgan fingerprint density at radius 1 is 1.33 bits per heavy atom. The van der Waals surface area contributed by atoms with E-state index < -0.39 is 5.56 Å². The number of aryl methyl sites for hydroxylation is 1. The summed E-state index contributed by atoms with van der Waals surface area (Å²) in [7, 11) is 0. The molecule has 2 heterocycles. The van der Waals surface area contributed by atoms with Crippen molar-refractivity contribution in [3.05, 3.63) is 61.2 Å². The minimum Gasteiger partial charge on any atom is -0.379 e. The quantitative estimate of drug-likeness (QED) is 0.701. The molecular weight excluding hydrogens is 336 g/mol. The number of aromatic amines is 1. The van der Waals surface area contributed by atoms with Crippen LogP contribution in [-0.2, 0) is 0 Å². The first kappa shape index (κ1) is 13.6. The van der Waals surface area contributed by atoms with Crippen molar-refractivity contribution in [3.8, 4) is 5.69 Å². The van der Waals surface area contributed by atoms with Crippen molar-refractivity contribution in [2.75, 3.05) is 5.73 Å². The molecule has 3 rings (SSSR count). The molecule has 0 amide bonds. The Bertz CT molecular complexity index is 975. The SMILES string of the molecule is Cc1cc2nc(N)c(=O)n(-c3ccc[nH]c3=O)c2cc1Br. The number of hydrogen-bond acceptors (Lipinski definition) is 4. The van der Waals surface area contributed by atoms with Gasteiger partial charge in [-0.25, -0.2) is 4.98 Å². The largest absolute Gasteiger partial charge is 0.379 e. The smallest absolute Gasteiger partial charge is 0.298 e. The molecule has 3 aromatic rings. The van der Waals surface area contributed by atoms with Crippen molar-refractivity contribution in [1.29, 1.82) is 0 Å². The number of rotatable bonds is 1. The standard InChI is InChI=1S/C14H11BrN4O2/c1-7-5-9-11(6-8(7)15)19(14(21)12(16)18-9)10-3-2-4-17-13(10)20/h2-6H,1H3,(H2,16,18)(H,17,20). The molecule has 0 radical (unpaired) electrons. The predicted molar refractivity (Wildman–Crippen MR) is 84.8 cm³/mol. The van der Waals surface area contributed by atoms with Gasteiger partial charge in [-0.3, -0.25) is 14.2 Å². The van der Waals surface area contributed by atoms with E-state index in [1.165, 1.54) is 10.8 Å². The summed E-state index contributed by atoms with van der Waals surface area (Å²) < 4.78 is 2.10. The normalized spacial score (nSPS) is 11.0. The Hall–Kier alpha value is -2.41. The van der Waals surface area contributed by atoms with Crippen molar-refractivity contribution in [1.82, 2.24) is 14.5 Å². The Kier molecular flexibility index (Phi) is 3.13. The molecule has 0 atom stereocenters. The average molecular weight is 347 g/mol. The molecule has 0 unspecified atom stereocenters. The number of halogens is 1. The molecule has 0 saturated heterocycles. The van der Waals surface area contributed by atoms with Crippen molar-refractivity contribution in [2.24, 2.45) is 0 Å². The van der Waals surface area contributed by atoms with Gasteiger partial charge in [-0.05, 0) is 36.8 Å². The van der Waals surface area contributed by atoms with Crippen molar-refractivity contribution in [3.63, 3.8) is 0 Å². The second kappa shape index (κ2) is 4.85. The highest BCUT2D eigenvalue weighted by Crippen LogP contribution is 2.23. The van der Waals surface area contributed by atoms with Gasteiger partial charge < -0.3 is 10.7 Å². The van der Waals surface area contributed by atoms with Crippen LogP contribution >= 0.6 is 15.9 Å². The molecular formula is C14H11BrN4O2. The second-order valence-corrected chi connectivity index (χ2v) is 5.47.